The highest BCUT2D eigenvalue weighted by atomic mass is 79.9. The molecule has 0 N–H and O–H groups in total. The van der Waals surface area contributed by atoms with Crippen molar-refractivity contribution in [3.8, 4) is 0 Å². The maximum Gasteiger partial charge on any atom is 0.0609 e. The molecule has 0 radical (unpaired) electrons. The zero-order chi connectivity index (χ0) is 12.8. The van der Waals surface area contributed by atoms with Crippen LogP contribution < -0.4 is 4.90 Å². The van der Waals surface area contributed by atoms with Crippen LogP contribution in [0.1, 0.15) is 26.2 Å². The molecule has 94 valence electrons. The fourth-order valence-corrected chi connectivity index (χ4v) is 3.60. The van der Waals surface area contributed by atoms with Crippen LogP contribution in [-0.2, 0) is 0 Å². The second kappa shape index (κ2) is 4.18. The first-order chi connectivity index (χ1) is 8.61. The molecule has 2 aliphatic heterocycles. The molecule has 2 bridgehead atoms. The third-order valence-electron chi connectivity index (χ3n) is 4.25. The summed E-state index contributed by atoms with van der Waals surface area (Å²) >= 11 is 3.50. The van der Waals surface area contributed by atoms with Crippen molar-refractivity contribution in [1.82, 2.24) is 0 Å². The molecule has 0 amide bonds. The summed E-state index contributed by atoms with van der Waals surface area (Å²) in [5.41, 5.74) is 11.0. The van der Waals surface area contributed by atoms with Crippen LogP contribution in [0.2, 0.25) is 0 Å². The van der Waals surface area contributed by atoms with E-state index in [1.54, 1.807) is 0 Å². The lowest BCUT2D eigenvalue weighted by Gasteiger charge is -2.57. The molecule has 2 heterocycles. The summed E-state index contributed by atoms with van der Waals surface area (Å²) in [6.07, 6.45) is 3.75. The number of anilines is 1. The van der Waals surface area contributed by atoms with Crippen LogP contribution in [0.15, 0.2) is 27.8 Å². The first-order valence-electron chi connectivity index (χ1n) is 6.23. The predicted octanol–water partition coefficient (Wildman–Crippen LogP) is 4.77. The average molecular weight is 307 g/mol. The van der Waals surface area contributed by atoms with E-state index in [2.05, 4.69) is 43.8 Å². The molecule has 0 aromatic heterocycles. The lowest BCUT2D eigenvalue weighted by atomic mass is 9.61. The molecule has 2 saturated heterocycles. The quantitative estimate of drug-likeness (QED) is 0.441. The van der Waals surface area contributed by atoms with Crippen LogP contribution in [0, 0.1) is 5.41 Å². The minimum absolute atomic E-state index is 0.561. The lowest BCUT2D eigenvalue weighted by Crippen LogP contribution is -2.56. The monoisotopic (exact) mass is 306 g/mol. The fraction of sp³-hybridized carbons (Fsp3) is 0.538. The van der Waals surface area contributed by atoms with Crippen LogP contribution in [0.25, 0.3) is 10.4 Å². The summed E-state index contributed by atoms with van der Waals surface area (Å²) in [6, 6.07) is 6.48. The van der Waals surface area contributed by atoms with E-state index in [9.17, 15) is 0 Å². The van der Waals surface area contributed by atoms with Gasteiger partial charge in [0.15, 0.2) is 0 Å². The van der Waals surface area contributed by atoms with Crippen LogP contribution in [-0.4, -0.2) is 12.6 Å². The van der Waals surface area contributed by atoms with Crippen molar-refractivity contribution in [2.75, 3.05) is 11.4 Å². The van der Waals surface area contributed by atoms with Crippen molar-refractivity contribution in [2.24, 2.45) is 10.5 Å². The number of rotatable bonds is 2. The Labute approximate surface area is 115 Å². The van der Waals surface area contributed by atoms with Gasteiger partial charge in [0.1, 0.15) is 0 Å². The van der Waals surface area contributed by atoms with Crippen LogP contribution >= 0.6 is 15.9 Å². The van der Waals surface area contributed by atoms with Gasteiger partial charge in [-0.05, 0) is 48.4 Å². The lowest BCUT2D eigenvalue weighted by molar-refractivity contribution is 0.0752. The number of fused-ring (bicyclic) bond motifs is 2. The predicted molar refractivity (Wildman–Crippen MR) is 76.0 cm³/mol. The minimum Gasteiger partial charge on any atom is -0.368 e. The van der Waals surface area contributed by atoms with Crippen LogP contribution in [0.5, 0.6) is 0 Å². The molecule has 0 unspecified atom stereocenters. The summed E-state index contributed by atoms with van der Waals surface area (Å²) in [5.74, 6) is 0. The van der Waals surface area contributed by atoms with Crippen molar-refractivity contribution in [2.45, 2.75) is 32.2 Å². The fourth-order valence-electron chi connectivity index (χ4n) is 3.25. The Morgan fingerprint density at radius 3 is 2.89 bits per heavy atom. The number of hydrogen-bond donors (Lipinski definition) is 0. The van der Waals surface area contributed by atoms with Crippen LogP contribution in [0.4, 0.5) is 11.4 Å². The second-order valence-corrected chi connectivity index (χ2v) is 6.55. The Hall–Kier alpha value is -1.19. The van der Waals surface area contributed by atoms with Crippen molar-refractivity contribution in [3.63, 3.8) is 0 Å². The molecule has 3 fully saturated rings. The Bertz CT molecular complexity index is 524. The average Bonchev–Trinajstić information content (AvgIpc) is 2.31. The molecule has 1 aromatic carbocycles. The number of azide groups is 1. The second-order valence-electron chi connectivity index (χ2n) is 5.64. The number of halogens is 1. The van der Waals surface area contributed by atoms with E-state index in [1.165, 1.54) is 19.3 Å². The Morgan fingerprint density at radius 1 is 1.50 bits per heavy atom. The van der Waals surface area contributed by atoms with Gasteiger partial charge in [-0.3, -0.25) is 0 Å². The van der Waals surface area contributed by atoms with Crippen molar-refractivity contribution >= 4 is 27.3 Å². The molecule has 1 saturated carbocycles. The van der Waals surface area contributed by atoms with Gasteiger partial charge in [0, 0.05) is 27.7 Å². The van der Waals surface area contributed by atoms with Gasteiger partial charge in [-0.2, -0.15) is 0 Å². The molecule has 1 aliphatic carbocycles. The number of benzene rings is 1. The summed E-state index contributed by atoms with van der Waals surface area (Å²) in [4.78, 5) is 5.33. The van der Waals surface area contributed by atoms with Gasteiger partial charge >= 0.3 is 0 Å². The highest BCUT2D eigenvalue weighted by Gasteiger charge is 2.47. The normalized spacial score (nSPS) is 29.4. The molecule has 0 atom stereocenters. The van der Waals surface area contributed by atoms with E-state index in [-0.39, 0.29) is 0 Å². The van der Waals surface area contributed by atoms with Gasteiger partial charge in [-0.1, -0.05) is 28.0 Å². The van der Waals surface area contributed by atoms with E-state index >= 15 is 0 Å². The Kier molecular flexibility index (Phi) is 2.76. The van der Waals surface area contributed by atoms with Crippen LogP contribution in [0.3, 0.4) is 0 Å². The van der Waals surface area contributed by atoms with Gasteiger partial charge in [-0.15, -0.1) is 0 Å². The number of hydrogen-bond acceptors (Lipinski definition) is 2. The topological polar surface area (TPSA) is 52.0 Å². The summed E-state index contributed by atoms with van der Waals surface area (Å²) < 4.78 is 1.03. The zero-order valence-electron chi connectivity index (χ0n) is 10.3. The summed E-state index contributed by atoms with van der Waals surface area (Å²) in [7, 11) is 0. The highest BCUT2D eigenvalue weighted by Crippen LogP contribution is 2.52. The minimum atomic E-state index is 0.561. The van der Waals surface area contributed by atoms with Gasteiger partial charge in [0.2, 0.25) is 0 Å². The standard InChI is InChI=1S/C13H15BrN4/c1-13-4-5-18(10(7-13)8-13)12-6-9(14)2-3-11(12)16-17-15/h2-3,6,10H,4-5,7-8H2,1H3. The number of nitrogens with zero attached hydrogens (tertiary/aromatic N) is 4. The Balaban J connectivity index is 1.96. The smallest absolute Gasteiger partial charge is 0.0609 e. The molecule has 3 aliphatic rings. The van der Waals surface area contributed by atoms with Gasteiger partial charge in [0.25, 0.3) is 0 Å². The molecule has 1 aromatic rings. The van der Waals surface area contributed by atoms with E-state index in [4.69, 9.17) is 5.53 Å². The zero-order valence-corrected chi connectivity index (χ0v) is 11.9. The first-order valence-corrected chi connectivity index (χ1v) is 7.02. The maximum absolute atomic E-state index is 8.66. The Morgan fingerprint density at radius 2 is 2.28 bits per heavy atom. The third-order valence-corrected chi connectivity index (χ3v) is 4.75. The van der Waals surface area contributed by atoms with E-state index in [0.29, 0.717) is 11.5 Å². The molecule has 0 spiro atoms. The van der Waals surface area contributed by atoms with E-state index < -0.39 is 0 Å². The summed E-state index contributed by atoms with van der Waals surface area (Å²) in [6.45, 7) is 3.43. The highest BCUT2D eigenvalue weighted by molar-refractivity contribution is 9.10. The number of piperidine rings is 2. The van der Waals surface area contributed by atoms with Gasteiger partial charge in [0.05, 0.1) is 5.69 Å². The molecular weight excluding hydrogens is 292 g/mol. The SMILES string of the molecule is CC12CCN(c3cc(Br)ccc3N=[N+]=[N-])C(C1)C2. The molecule has 4 nitrogen and oxygen atoms in total. The van der Waals surface area contributed by atoms with Crippen molar-refractivity contribution in [3.05, 3.63) is 33.1 Å². The van der Waals surface area contributed by atoms with Crippen molar-refractivity contribution in [1.29, 1.82) is 0 Å². The first kappa shape index (κ1) is 11.9. The van der Waals surface area contributed by atoms with E-state index in [0.717, 1.165) is 22.4 Å². The largest absolute Gasteiger partial charge is 0.368 e. The van der Waals surface area contributed by atoms with Crippen molar-refractivity contribution < 1.29 is 0 Å². The van der Waals surface area contributed by atoms with E-state index in [1.807, 2.05) is 12.1 Å². The molecular formula is C13H15BrN4. The third kappa shape index (κ3) is 1.88. The summed E-state index contributed by atoms with van der Waals surface area (Å²) in [5, 5.41) is 3.81. The maximum atomic E-state index is 8.66. The molecule has 18 heavy (non-hydrogen) atoms. The molecule has 4 rings (SSSR count). The van der Waals surface area contributed by atoms with Gasteiger partial charge in [-0.25, -0.2) is 0 Å². The van der Waals surface area contributed by atoms with Gasteiger partial charge < -0.3 is 4.90 Å². The molecule has 5 heteroatoms.